The van der Waals surface area contributed by atoms with Crippen LogP contribution in [-0.4, -0.2) is 39.5 Å². The molecule has 120 valence electrons. The largest absolute Gasteiger partial charge is 0.351 e. The van der Waals surface area contributed by atoms with Gasteiger partial charge in [0, 0.05) is 17.5 Å². The number of hydrogen-bond donors (Lipinski definition) is 1. The van der Waals surface area contributed by atoms with Crippen molar-refractivity contribution in [3.8, 4) is 0 Å². The molecule has 1 fully saturated rings. The predicted octanol–water partition coefficient (Wildman–Crippen LogP) is 2.28. The van der Waals surface area contributed by atoms with Crippen LogP contribution in [0.15, 0.2) is 34.9 Å². The molecule has 1 N–H and O–H groups in total. The lowest BCUT2D eigenvalue weighted by Gasteiger charge is -2.21. The van der Waals surface area contributed by atoms with Crippen molar-refractivity contribution in [3.63, 3.8) is 0 Å². The van der Waals surface area contributed by atoms with Crippen molar-refractivity contribution >= 4 is 29.3 Å². The zero-order chi connectivity index (χ0) is 16.4. The molecule has 23 heavy (non-hydrogen) atoms. The Morgan fingerprint density at radius 2 is 2.26 bits per heavy atom. The number of rotatable bonds is 3. The number of carbonyl (C=O) groups excluding carboxylic acids is 2. The highest BCUT2D eigenvalue weighted by molar-refractivity contribution is 7.99. The number of aromatic nitrogens is 1. The van der Waals surface area contributed by atoms with Gasteiger partial charge in [-0.25, -0.2) is 4.39 Å². The van der Waals surface area contributed by atoms with Crippen LogP contribution in [0.4, 0.5) is 10.1 Å². The van der Waals surface area contributed by atoms with Gasteiger partial charge in [-0.2, -0.15) is 0 Å². The second kappa shape index (κ2) is 6.41. The van der Waals surface area contributed by atoms with Crippen molar-refractivity contribution in [2.45, 2.75) is 13.0 Å². The molecule has 8 heteroatoms. The van der Waals surface area contributed by atoms with Crippen molar-refractivity contribution in [1.29, 1.82) is 0 Å². The molecule has 1 aromatic heterocycles. The number of carbonyl (C=O) groups is 2. The first kappa shape index (κ1) is 15.5. The molecular weight excluding hydrogens is 321 g/mol. The van der Waals surface area contributed by atoms with E-state index in [9.17, 15) is 14.0 Å². The standard InChI is InChI=1S/C15H14FN3O3S/c1-9-5-13(22-18-9)15(21)19-8-23-7-12(19)14(20)17-11-4-2-3-10(16)6-11/h2-6,12H,7-8H2,1H3,(H,17,20)/t12-/m0/s1. The highest BCUT2D eigenvalue weighted by atomic mass is 32.2. The number of halogens is 1. The van der Waals surface area contributed by atoms with E-state index in [1.807, 2.05) is 0 Å². The van der Waals surface area contributed by atoms with Crippen LogP contribution in [0.3, 0.4) is 0 Å². The number of anilines is 1. The molecule has 1 aliphatic rings. The number of thioether (sulfide) groups is 1. The molecule has 0 spiro atoms. The minimum Gasteiger partial charge on any atom is -0.351 e. The van der Waals surface area contributed by atoms with Crippen molar-refractivity contribution < 1.29 is 18.5 Å². The summed E-state index contributed by atoms with van der Waals surface area (Å²) in [4.78, 5) is 26.2. The first-order valence-corrected chi connectivity index (χ1v) is 8.08. The summed E-state index contributed by atoms with van der Waals surface area (Å²) in [6.07, 6.45) is 0. The maximum Gasteiger partial charge on any atom is 0.293 e. The van der Waals surface area contributed by atoms with Gasteiger partial charge >= 0.3 is 0 Å². The van der Waals surface area contributed by atoms with Gasteiger partial charge in [-0.3, -0.25) is 9.59 Å². The number of amides is 2. The summed E-state index contributed by atoms with van der Waals surface area (Å²) in [5, 5.41) is 6.32. The average Bonchev–Trinajstić information content (AvgIpc) is 3.15. The Morgan fingerprint density at radius 1 is 1.43 bits per heavy atom. The molecule has 1 saturated heterocycles. The lowest BCUT2D eigenvalue weighted by molar-refractivity contribution is -0.119. The maximum absolute atomic E-state index is 13.2. The summed E-state index contributed by atoms with van der Waals surface area (Å²) in [5.41, 5.74) is 0.954. The zero-order valence-corrected chi connectivity index (χ0v) is 13.1. The fourth-order valence-corrected chi connectivity index (χ4v) is 3.41. The van der Waals surface area contributed by atoms with Gasteiger partial charge in [0.1, 0.15) is 11.9 Å². The Kier molecular flexibility index (Phi) is 4.33. The SMILES string of the molecule is Cc1cc(C(=O)N2CSC[C@H]2C(=O)Nc2cccc(F)c2)on1. The van der Waals surface area contributed by atoms with Crippen LogP contribution >= 0.6 is 11.8 Å². The molecule has 0 saturated carbocycles. The predicted molar refractivity (Wildman–Crippen MR) is 83.6 cm³/mol. The van der Waals surface area contributed by atoms with Crippen LogP contribution < -0.4 is 5.32 Å². The van der Waals surface area contributed by atoms with Crippen LogP contribution in [-0.2, 0) is 4.79 Å². The Labute approximate surface area is 136 Å². The lowest BCUT2D eigenvalue weighted by Crippen LogP contribution is -2.44. The van der Waals surface area contributed by atoms with Gasteiger partial charge < -0.3 is 14.7 Å². The second-order valence-corrected chi connectivity index (χ2v) is 6.12. The summed E-state index contributed by atoms with van der Waals surface area (Å²) in [7, 11) is 0. The van der Waals surface area contributed by atoms with Gasteiger partial charge in [0.2, 0.25) is 11.7 Å². The summed E-state index contributed by atoms with van der Waals surface area (Å²) in [6.45, 7) is 1.72. The molecular formula is C15H14FN3O3S. The molecule has 6 nitrogen and oxygen atoms in total. The fourth-order valence-electron chi connectivity index (χ4n) is 2.26. The highest BCUT2D eigenvalue weighted by Crippen LogP contribution is 2.24. The molecule has 1 aromatic carbocycles. The minimum atomic E-state index is -0.638. The fraction of sp³-hybridized carbons (Fsp3) is 0.267. The Balaban J connectivity index is 1.73. The summed E-state index contributed by atoms with van der Waals surface area (Å²) < 4.78 is 18.2. The topological polar surface area (TPSA) is 75.4 Å². The highest BCUT2D eigenvalue weighted by Gasteiger charge is 2.36. The van der Waals surface area contributed by atoms with Crippen LogP contribution in [0.5, 0.6) is 0 Å². The minimum absolute atomic E-state index is 0.105. The third kappa shape index (κ3) is 3.37. The van der Waals surface area contributed by atoms with Crippen molar-refractivity contribution in [2.24, 2.45) is 0 Å². The third-order valence-corrected chi connectivity index (χ3v) is 4.39. The maximum atomic E-state index is 13.2. The van der Waals surface area contributed by atoms with Crippen molar-refractivity contribution in [1.82, 2.24) is 10.1 Å². The van der Waals surface area contributed by atoms with E-state index >= 15 is 0 Å². The lowest BCUT2D eigenvalue weighted by atomic mass is 10.2. The van der Waals surface area contributed by atoms with Gasteiger partial charge in [-0.05, 0) is 25.1 Å². The number of nitrogens with zero attached hydrogens (tertiary/aromatic N) is 2. The molecule has 0 bridgehead atoms. The van der Waals surface area contributed by atoms with E-state index in [1.54, 1.807) is 13.0 Å². The summed E-state index contributed by atoms with van der Waals surface area (Å²) >= 11 is 1.47. The first-order valence-electron chi connectivity index (χ1n) is 6.93. The molecule has 0 radical (unpaired) electrons. The first-order chi connectivity index (χ1) is 11.0. The second-order valence-electron chi connectivity index (χ2n) is 5.12. The number of nitrogens with one attached hydrogen (secondary N) is 1. The number of benzene rings is 1. The van der Waals surface area contributed by atoms with Crippen LogP contribution in [0.1, 0.15) is 16.2 Å². The van der Waals surface area contributed by atoms with Crippen molar-refractivity contribution in [3.05, 3.63) is 47.6 Å². The quantitative estimate of drug-likeness (QED) is 0.931. The summed E-state index contributed by atoms with van der Waals surface area (Å²) in [5.74, 6) is -0.206. The van der Waals surface area contributed by atoms with Gasteiger partial charge in [0.25, 0.3) is 5.91 Å². The molecule has 0 aliphatic carbocycles. The number of hydrogen-bond acceptors (Lipinski definition) is 5. The van der Waals surface area contributed by atoms with Gasteiger partial charge in [0.05, 0.1) is 11.6 Å². The molecule has 2 heterocycles. The van der Waals surface area contributed by atoms with E-state index in [0.717, 1.165) is 0 Å². The van der Waals surface area contributed by atoms with Gasteiger partial charge in [-0.15, -0.1) is 11.8 Å². The van der Waals surface area contributed by atoms with Crippen LogP contribution in [0.2, 0.25) is 0 Å². The molecule has 0 unspecified atom stereocenters. The molecule has 1 aliphatic heterocycles. The monoisotopic (exact) mass is 335 g/mol. The van der Waals surface area contributed by atoms with E-state index in [4.69, 9.17) is 4.52 Å². The van der Waals surface area contributed by atoms with E-state index in [0.29, 0.717) is 23.0 Å². The van der Waals surface area contributed by atoms with Crippen LogP contribution in [0, 0.1) is 12.7 Å². The summed E-state index contributed by atoms with van der Waals surface area (Å²) in [6, 6.07) is 6.52. The zero-order valence-electron chi connectivity index (χ0n) is 12.3. The average molecular weight is 335 g/mol. The normalized spacial score (nSPS) is 17.3. The smallest absolute Gasteiger partial charge is 0.293 e. The van der Waals surface area contributed by atoms with Gasteiger partial charge in [0.15, 0.2) is 0 Å². The molecule has 3 rings (SSSR count). The van der Waals surface area contributed by atoms with E-state index in [-0.39, 0.29) is 17.6 Å². The van der Waals surface area contributed by atoms with E-state index in [2.05, 4.69) is 10.5 Å². The number of aryl methyl sites for hydroxylation is 1. The molecule has 2 amide bonds. The Morgan fingerprint density at radius 3 is 2.96 bits per heavy atom. The van der Waals surface area contributed by atoms with E-state index in [1.165, 1.54) is 40.9 Å². The van der Waals surface area contributed by atoms with Crippen molar-refractivity contribution in [2.75, 3.05) is 16.9 Å². The Hall–Kier alpha value is -2.35. The Bertz CT molecular complexity index is 749. The molecule has 2 aromatic rings. The third-order valence-electron chi connectivity index (χ3n) is 3.38. The van der Waals surface area contributed by atoms with Crippen LogP contribution in [0.25, 0.3) is 0 Å². The molecule has 1 atom stereocenters. The van der Waals surface area contributed by atoms with Gasteiger partial charge in [-0.1, -0.05) is 11.2 Å². The van der Waals surface area contributed by atoms with E-state index < -0.39 is 11.9 Å².